The Morgan fingerprint density at radius 1 is 1.36 bits per heavy atom. The summed E-state index contributed by atoms with van der Waals surface area (Å²) < 4.78 is 0. The molecule has 1 aromatic rings. The first-order valence-electron chi connectivity index (χ1n) is 3.77. The molecule has 0 aliphatic heterocycles. The summed E-state index contributed by atoms with van der Waals surface area (Å²) in [6.07, 6.45) is 4.79. The average molecular weight is 168 g/mol. The van der Waals surface area contributed by atoms with Crippen molar-refractivity contribution >= 4 is 11.8 Å². The number of nitrogens with zero attached hydrogens (tertiary/aromatic N) is 2. The summed E-state index contributed by atoms with van der Waals surface area (Å²) in [5.41, 5.74) is 0. The van der Waals surface area contributed by atoms with Crippen molar-refractivity contribution in [2.75, 3.05) is 5.75 Å². The van der Waals surface area contributed by atoms with E-state index in [1.54, 1.807) is 12.4 Å². The quantitative estimate of drug-likeness (QED) is 0.644. The Kier molecular flexibility index (Phi) is 3.98. The van der Waals surface area contributed by atoms with Crippen molar-refractivity contribution in [3.05, 3.63) is 24.3 Å². The Morgan fingerprint density at radius 3 is 2.73 bits per heavy atom. The summed E-state index contributed by atoms with van der Waals surface area (Å²) in [5, 5.41) is 0. The fourth-order valence-electron chi connectivity index (χ4n) is 0.712. The van der Waals surface area contributed by atoms with Gasteiger partial charge in [-0.3, -0.25) is 0 Å². The molecule has 0 unspecified atom stereocenters. The van der Waals surface area contributed by atoms with E-state index in [1.165, 1.54) is 12.2 Å². The Morgan fingerprint density at radius 2 is 2.09 bits per heavy atom. The van der Waals surface area contributed by atoms with Gasteiger partial charge in [-0.1, -0.05) is 6.92 Å². The van der Waals surface area contributed by atoms with Crippen LogP contribution in [0.3, 0.4) is 0 Å². The fraction of sp³-hybridized carbons (Fsp3) is 0.500. The van der Waals surface area contributed by atoms with Crippen LogP contribution in [-0.4, -0.2) is 15.7 Å². The van der Waals surface area contributed by atoms with Crippen LogP contribution < -0.4 is 0 Å². The minimum Gasteiger partial charge on any atom is -0.240 e. The number of thioether (sulfide) groups is 1. The molecule has 0 aromatic carbocycles. The second-order valence-electron chi connectivity index (χ2n) is 2.22. The summed E-state index contributed by atoms with van der Waals surface area (Å²) in [5.74, 6) is 3.07. The van der Waals surface area contributed by atoms with E-state index in [1.807, 2.05) is 17.8 Å². The van der Waals surface area contributed by atoms with Gasteiger partial charge in [-0.05, 0) is 18.2 Å². The highest BCUT2D eigenvalue weighted by atomic mass is 32.2. The third kappa shape index (κ3) is 3.37. The highest BCUT2D eigenvalue weighted by Gasteiger charge is 1.92. The lowest BCUT2D eigenvalue weighted by Gasteiger charge is -1.96. The van der Waals surface area contributed by atoms with Gasteiger partial charge in [0.25, 0.3) is 0 Å². The Hall–Kier alpha value is -0.570. The molecule has 0 spiro atoms. The average Bonchev–Trinajstić information content (AvgIpc) is 2.07. The van der Waals surface area contributed by atoms with Gasteiger partial charge in [0, 0.05) is 12.4 Å². The largest absolute Gasteiger partial charge is 0.240 e. The Bertz CT molecular complexity index is 189. The van der Waals surface area contributed by atoms with Crippen molar-refractivity contribution in [3.8, 4) is 0 Å². The fourth-order valence-corrected chi connectivity index (χ4v) is 1.48. The van der Waals surface area contributed by atoms with Crippen LogP contribution in [0.15, 0.2) is 18.5 Å². The first-order valence-corrected chi connectivity index (χ1v) is 4.92. The van der Waals surface area contributed by atoms with Crippen LogP contribution in [0.5, 0.6) is 0 Å². The summed E-state index contributed by atoms with van der Waals surface area (Å²) in [4.78, 5) is 8.24. The van der Waals surface area contributed by atoms with Gasteiger partial charge in [-0.2, -0.15) is 11.8 Å². The van der Waals surface area contributed by atoms with Crippen LogP contribution >= 0.6 is 11.8 Å². The molecular formula is C8H12N2S. The molecule has 0 saturated heterocycles. The van der Waals surface area contributed by atoms with E-state index in [0.29, 0.717) is 0 Å². The molecule has 1 aromatic heterocycles. The molecule has 0 atom stereocenters. The van der Waals surface area contributed by atoms with Gasteiger partial charge in [0.1, 0.15) is 5.82 Å². The van der Waals surface area contributed by atoms with E-state index in [4.69, 9.17) is 0 Å². The van der Waals surface area contributed by atoms with Crippen LogP contribution in [0.25, 0.3) is 0 Å². The number of hydrogen-bond donors (Lipinski definition) is 0. The lowest BCUT2D eigenvalue weighted by Crippen LogP contribution is -1.90. The predicted octanol–water partition coefficient (Wildman–Crippen LogP) is 2.12. The molecule has 0 bridgehead atoms. The molecule has 1 heterocycles. The number of hydrogen-bond acceptors (Lipinski definition) is 3. The highest BCUT2D eigenvalue weighted by molar-refractivity contribution is 7.98. The van der Waals surface area contributed by atoms with E-state index in [-0.39, 0.29) is 0 Å². The summed E-state index contributed by atoms with van der Waals surface area (Å²) >= 11 is 1.88. The Balaban J connectivity index is 2.28. The van der Waals surface area contributed by atoms with Gasteiger partial charge in [-0.15, -0.1) is 0 Å². The lowest BCUT2D eigenvalue weighted by atomic mass is 10.6. The van der Waals surface area contributed by atoms with Gasteiger partial charge in [0.05, 0.1) is 5.75 Å². The molecule has 1 rings (SSSR count). The molecule has 0 aliphatic rings. The van der Waals surface area contributed by atoms with Crippen molar-refractivity contribution in [2.24, 2.45) is 0 Å². The predicted molar refractivity (Wildman–Crippen MR) is 48.5 cm³/mol. The molecule has 2 nitrogen and oxygen atoms in total. The lowest BCUT2D eigenvalue weighted by molar-refractivity contribution is 1.03. The molecule has 0 N–H and O–H groups in total. The minimum absolute atomic E-state index is 0.936. The third-order valence-corrected chi connectivity index (χ3v) is 2.36. The molecule has 0 saturated carbocycles. The number of rotatable bonds is 4. The Labute approximate surface area is 71.5 Å². The molecule has 0 aliphatic carbocycles. The zero-order valence-corrected chi connectivity index (χ0v) is 7.47. The van der Waals surface area contributed by atoms with Gasteiger partial charge in [0.15, 0.2) is 0 Å². The van der Waals surface area contributed by atoms with E-state index in [0.717, 1.165) is 11.6 Å². The monoisotopic (exact) mass is 168 g/mol. The van der Waals surface area contributed by atoms with Gasteiger partial charge in [-0.25, -0.2) is 9.97 Å². The summed E-state index contributed by atoms with van der Waals surface area (Å²) in [6.45, 7) is 2.18. The maximum atomic E-state index is 4.12. The van der Waals surface area contributed by atoms with Gasteiger partial charge >= 0.3 is 0 Å². The minimum atomic E-state index is 0.936. The molecule has 3 heteroatoms. The van der Waals surface area contributed by atoms with Crippen LogP contribution in [-0.2, 0) is 5.75 Å². The first kappa shape index (κ1) is 8.53. The maximum Gasteiger partial charge on any atom is 0.138 e. The van der Waals surface area contributed by atoms with Gasteiger partial charge < -0.3 is 0 Å². The second-order valence-corrected chi connectivity index (χ2v) is 3.32. The zero-order valence-electron chi connectivity index (χ0n) is 6.66. The smallest absolute Gasteiger partial charge is 0.138 e. The molecule has 11 heavy (non-hydrogen) atoms. The molecule has 0 amide bonds. The molecular weight excluding hydrogens is 156 g/mol. The maximum absolute atomic E-state index is 4.12. The van der Waals surface area contributed by atoms with E-state index in [2.05, 4.69) is 16.9 Å². The first-order chi connectivity index (χ1) is 5.43. The van der Waals surface area contributed by atoms with Crippen LogP contribution in [0.2, 0.25) is 0 Å². The topological polar surface area (TPSA) is 25.8 Å². The van der Waals surface area contributed by atoms with Crippen LogP contribution in [0.1, 0.15) is 19.2 Å². The standard InChI is InChI=1S/C8H12N2S/c1-2-6-11-7-8-9-4-3-5-10-8/h3-5H,2,6-7H2,1H3. The SMILES string of the molecule is CCCSCc1ncccn1. The van der Waals surface area contributed by atoms with E-state index in [9.17, 15) is 0 Å². The van der Waals surface area contributed by atoms with Crippen molar-refractivity contribution in [1.29, 1.82) is 0 Å². The van der Waals surface area contributed by atoms with Crippen LogP contribution in [0.4, 0.5) is 0 Å². The normalized spacial score (nSPS) is 9.91. The van der Waals surface area contributed by atoms with Crippen molar-refractivity contribution in [2.45, 2.75) is 19.1 Å². The highest BCUT2D eigenvalue weighted by Crippen LogP contribution is 2.07. The van der Waals surface area contributed by atoms with Crippen molar-refractivity contribution in [3.63, 3.8) is 0 Å². The van der Waals surface area contributed by atoms with E-state index >= 15 is 0 Å². The summed E-state index contributed by atoms with van der Waals surface area (Å²) in [7, 11) is 0. The number of aromatic nitrogens is 2. The van der Waals surface area contributed by atoms with Crippen LogP contribution in [0, 0.1) is 0 Å². The molecule has 0 fully saturated rings. The van der Waals surface area contributed by atoms with Crippen molar-refractivity contribution < 1.29 is 0 Å². The third-order valence-electron chi connectivity index (χ3n) is 1.20. The van der Waals surface area contributed by atoms with Gasteiger partial charge in [0.2, 0.25) is 0 Å². The molecule has 0 radical (unpaired) electrons. The van der Waals surface area contributed by atoms with E-state index < -0.39 is 0 Å². The summed E-state index contributed by atoms with van der Waals surface area (Å²) in [6, 6.07) is 1.84. The second kappa shape index (κ2) is 5.13. The zero-order chi connectivity index (χ0) is 7.94. The molecule has 60 valence electrons. The van der Waals surface area contributed by atoms with Crippen molar-refractivity contribution in [1.82, 2.24) is 9.97 Å².